The lowest BCUT2D eigenvalue weighted by atomic mass is 10.0. The number of aryl methyl sites for hydroxylation is 4. The van der Waals surface area contributed by atoms with Crippen molar-refractivity contribution in [1.29, 1.82) is 10.8 Å². The minimum atomic E-state index is 0.0919. The first-order valence-corrected chi connectivity index (χ1v) is 18.3. The Hall–Kier alpha value is -6.35. The molecule has 270 valence electrons. The smallest absolute Gasteiger partial charge is 0.230 e. The molecule has 3 N–H and O–H groups in total. The van der Waals surface area contributed by atoms with Gasteiger partial charge in [-0.15, -0.1) is 21.6 Å². The van der Waals surface area contributed by atoms with E-state index in [1.54, 1.807) is 7.11 Å². The van der Waals surface area contributed by atoms with Crippen molar-refractivity contribution in [2.45, 2.75) is 47.1 Å². The van der Waals surface area contributed by atoms with Crippen molar-refractivity contribution in [3.8, 4) is 6.07 Å². The predicted molar refractivity (Wildman–Crippen MR) is 220 cm³/mol. The number of nitriles is 1. The molecule has 4 aromatic carbocycles. The Balaban J connectivity index is 0.000000297. The number of nitrogens with one attached hydrogen (secondary N) is 3. The monoisotopic (exact) mass is 731 g/mol. The molecule has 54 heavy (non-hydrogen) atoms. The van der Waals surface area contributed by atoms with Gasteiger partial charge in [-0.2, -0.15) is 10.4 Å². The van der Waals surface area contributed by atoms with Gasteiger partial charge < -0.3 is 15.4 Å². The van der Waals surface area contributed by atoms with Crippen molar-refractivity contribution in [3.63, 3.8) is 0 Å². The van der Waals surface area contributed by atoms with Crippen LogP contribution in [0.4, 0.5) is 39.5 Å². The molecule has 0 saturated heterocycles. The van der Waals surface area contributed by atoms with Crippen LogP contribution in [0.25, 0.3) is 16.3 Å². The summed E-state index contributed by atoms with van der Waals surface area (Å²) in [6.07, 6.45) is 7.05. The SMILES string of the molecule is COC1C=CC(c2csc(N=Nc3c(Nc4ccc(C)cc4)nc(Nc4ccc(C)cc4)c(C#N)c3C)n2)=CC1.Cc1cc(C)c2cc(N=N)ccc2c1. The largest absolute Gasteiger partial charge is 0.377 e. The summed E-state index contributed by atoms with van der Waals surface area (Å²) in [7, 11) is 1.71. The van der Waals surface area contributed by atoms with E-state index in [4.69, 9.17) is 15.3 Å². The van der Waals surface area contributed by atoms with Gasteiger partial charge in [0.2, 0.25) is 5.13 Å². The fourth-order valence-electron chi connectivity index (χ4n) is 5.97. The third-order valence-electron chi connectivity index (χ3n) is 8.96. The number of pyridine rings is 1. The summed E-state index contributed by atoms with van der Waals surface area (Å²) in [5, 5.41) is 34.0. The Morgan fingerprint density at radius 1 is 0.833 bits per heavy atom. The van der Waals surface area contributed by atoms with Crippen LogP contribution in [0, 0.1) is 51.5 Å². The zero-order valence-electron chi connectivity index (χ0n) is 31.1. The summed E-state index contributed by atoms with van der Waals surface area (Å²) in [4.78, 5) is 9.46. The van der Waals surface area contributed by atoms with Gasteiger partial charge in [0, 0.05) is 29.4 Å². The molecular weight excluding hydrogens is 691 g/mol. The standard InChI is InChI=1S/C31H29N7OS.C12H12N2/c1-19-5-11-23(12-6-19)33-29-26(17-32)21(3)28(30(36-29)34-24-13-7-20(2)8-14-24)37-38-31-35-27(18-40-31)22-9-15-25(39-4)16-10-22;1-8-5-9(2)12-7-11(14-13)4-3-10(12)6-8/h5-15,18,25H,16H2,1-4H3,(H2,33,34,36);3-7,13H,1-2H3. The Morgan fingerprint density at radius 2 is 1.52 bits per heavy atom. The zero-order chi connectivity index (χ0) is 38.2. The molecule has 0 fully saturated rings. The van der Waals surface area contributed by atoms with E-state index < -0.39 is 0 Å². The molecule has 2 heterocycles. The van der Waals surface area contributed by atoms with Crippen LogP contribution in [0.3, 0.4) is 0 Å². The van der Waals surface area contributed by atoms with Gasteiger partial charge in [-0.1, -0.05) is 77.4 Å². The average molecular weight is 732 g/mol. The number of anilines is 4. The van der Waals surface area contributed by atoms with Crippen molar-refractivity contribution >= 4 is 67.2 Å². The number of fused-ring (bicyclic) bond motifs is 1. The number of hydrogen-bond donors (Lipinski definition) is 3. The van der Waals surface area contributed by atoms with Crippen LogP contribution >= 0.6 is 11.3 Å². The number of allylic oxidation sites excluding steroid dienone is 2. The van der Waals surface area contributed by atoms with Gasteiger partial charge >= 0.3 is 0 Å². The van der Waals surface area contributed by atoms with Crippen LogP contribution in [0.15, 0.2) is 118 Å². The Bertz CT molecular complexity index is 2440. The van der Waals surface area contributed by atoms with Gasteiger partial charge in [0.1, 0.15) is 11.8 Å². The maximum absolute atomic E-state index is 10.1. The van der Waals surface area contributed by atoms with E-state index in [0.717, 1.165) is 40.2 Å². The lowest BCUT2D eigenvalue weighted by molar-refractivity contribution is 0.143. The molecule has 1 aliphatic rings. The summed E-state index contributed by atoms with van der Waals surface area (Å²) in [5.41, 5.74) is 17.6. The Labute approximate surface area is 319 Å². The van der Waals surface area contributed by atoms with Crippen LogP contribution in [0.2, 0.25) is 0 Å². The van der Waals surface area contributed by atoms with Crippen molar-refractivity contribution in [1.82, 2.24) is 9.97 Å². The Kier molecular flexibility index (Phi) is 11.8. The number of hydrogen-bond acceptors (Lipinski definition) is 11. The number of benzene rings is 4. The molecule has 1 atom stereocenters. The van der Waals surface area contributed by atoms with Gasteiger partial charge in [0.25, 0.3) is 0 Å². The second-order valence-electron chi connectivity index (χ2n) is 13.1. The first-order valence-electron chi connectivity index (χ1n) is 17.4. The lowest BCUT2D eigenvalue weighted by Crippen LogP contribution is -2.08. The van der Waals surface area contributed by atoms with E-state index in [-0.39, 0.29) is 6.10 Å². The first kappa shape index (κ1) is 37.4. The maximum Gasteiger partial charge on any atom is 0.230 e. The van der Waals surface area contributed by atoms with E-state index in [0.29, 0.717) is 39.3 Å². The van der Waals surface area contributed by atoms with Gasteiger partial charge in [0.05, 0.1) is 23.0 Å². The molecule has 1 aliphatic carbocycles. The molecule has 0 aliphatic heterocycles. The second-order valence-corrected chi connectivity index (χ2v) is 13.9. The minimum Gasteiger partial charge on any atom is -0.377 e. The highest BCUT2D eigenvalue weighted by atomic mass is 32.1. The summed E-state index contributed by atoms with van der Waals surface area (Å²) < 4.78 is 5.38. The van der Waals surface area contributed by atoms with Crippen molar-refractivity contribution in [3.05, 3.63) is 142 Å². The summed E-state index contributed by atoms with van der Waals surface area (Å²) in [5.74, 6) is 0.929. The first-order chi connectivity index (χ1) is 26.1. The summed E-state index contributed by atoms with van der Waals surface area (Å²) >= 11 is 1.41. The minimum absolute atomic E-state index is 0.0919. The molecule has 10 nitrogen and oxygen atoms in total. The van der Waals surface area contributed by atoms with Crippen molar-refractivity contribution in [2.24, 2.45) is 15.3 Å². The van der Waals surface area contributed by atoms with Crippen LogP contribution < -0.4 is 10.6 Å². The highest BCUT2D eigenvalue weighted by Crippen LogP contribution is 2.38. The van der Waals surface area contributed by atoms with Gasteiger partial charge in [-0.3, -0.25) is 0 Å². The maximum atomic E-state index is 10.1. The van der Waals surface area contributed by atoms with Crippen molar-refractivity contribution < 1.29 is 4.74 Å². The van der Waals surface area contributed by atoms with E-state index in [2.05, 4.69) is 69.1 Å². The van der Waals surface area contributed by atoms with Crippen LogP contribution in [-0.4, -0.2) is 23.2 Å². The predicted octanol–water partition coefficient (Wildman–Crippen LogP) is 12.7. The number of rotatable bonds is 9. The highest BCUT2D eigenvalue weighted by molar-refractivity contribution is 7.13. The third-order valence-corrected chi connectivity index (χ3v) is 9.68. The molecule has 6 aromatic rings. The lowest BCUT2D eigenvalue weighted by Gasteiger charge is -2.16. The van der Waals surface area contributed by atoms with E-state index in [1.807, 2.05) is 105 Å². The number of ether oxygens (including phenoxy) is 1. The molecule has 1 unspecified atom stereocenters. The summed E-state index contributed by atoms with van der Waals surface area (Å²) in [6.45, 7) is 10.1. The number of thiazole rings is 1. The fourth-order valence-corrected chi connectivity index (χ4v) is 6.61. The third kappa shape index (κ3) is 8.98. The second kappa shape index (κ2) is 17.0. The Morgan fingerprint density at radius 3 is 2.13 bits per heavy atom. The molecular formula is C43H41N9OS. The van der Waals surface area contributed by atoms with Crippen molar-refractivity contribution in [2.75, 3.05) is 17.7 Å². The summed E-state index contributed by atoms with van der Waals surface area (Å²) in [6, 6.07) is 28.4. The fraction of sp³-hybridized carbons (Fsp3) is 0.186. The number of methoxy groups -OCH3 is 1. The quantitative estimate of drug-likeness (QED) is 0.126. The van der Waals surface area contributed by atoms with E-state index in [1.165, 1.54) is 33.2 Å². The normalized spacial score (nSPS) is 13.6. The highest BCUT2D eigenvalue weighted by Gasteiger charge is 2.19. The van der Waals surface area contributed by atoms with Gasteiger partial charge in [-0.25, -0.2) is 15.5 Å². The van der Waals surface area contributed by atoms with Gasteiger partial charge in [0.15, 0.2) is 11.6 Å². The average Bonchev–Trinajstić information content (AvgIpc) is 3.66. The molecule has 0 saturated carbocycles. The molecule has 2 aromatic heterocycles. The van der Waals surface area contributed by atoms with Crippen LogP contribution in [0.1, 0.15) is 45.5 Å². The van der Waals surface area contributed by atoms with Gasteiger partial charge in [-0.05, 0) is 99.3 Å². The number of azo groups is 1. The zero-order valence-corrected chi connectivity index (χ0v) is 31.9. The van der Waals surface area contributed by atoms with E-state index >= 15 is 0 Å². The molecule has 7 rings (SSSR count). The van der Waals surface area contributed by atoms with Crippen LogP contribution in [-0.2, 0) is 4.74 Å². The number of aromatic nitrogens is 2. The van der Waals surface area contributed by atoms with E-state index in [9.17, 15) is 5.26 Å². The molecule has 0 bridgehead atoms. The molecule has 0 amide bonds. The topological polar surface area (TPSA) is 144 Å². The molecule has 0 spiro atoms. The van der Waals surface area contributed by atoms with Crippen LogP contribution in [0.5, 0.6) is 0 Å². The number of nitrogens with zero attached hydrogens (tertiary/aromatic N) is 6. The molecule has 11 heteroatoms. The molecule has 0 radical (unpaired) electrons.